The van der Waals surface area contributed by atoms with Crippen LogP contribution in [0.3, 0.4) is 0 Å². The van der Waals surface area contributed by atoms with Crippen molar-refractivity contribution in [2.24, 2.45) is 5.92 Å². The van der Waals surface area contributed by atoms with Crippen molar-refractivity contribution < 1.29 is 0 Å². The molecule has 1 aliphatic carbocycles. The predicted molar refractivity (Wildman–Crippen MR) is 57.8 cm³/mol. The van der Waals surface area contributed by atoms with Crippen LogP contribution in [0.5, 0.6) is 0 Å². The van der Waals surface area contributed by atoms with Gasteiger partial charge in [0.25, 0.3) is 0 Å². The molecule has 0 atom stereocenters. The summed E-state index contributed by atoms with van der Waals surface area (Å²) in [6.07, 6.45) is 7.65. The van der Waals surface area contributed by atoms with E-state index in [2.05, 4.69) is 10.2 Å². The molecule has 3 N–H and O–H groups in total. The molecule has 78 valence electrons. The standard InChI is InChI=1S/C9H16N4S/c10-13-8(11-12-9(13)14)6-5-7-3-1-2-4-7/h7H,1-6,10H2,(H,12,14). The SMILES string of the molecule is Nn1c(CCC2CCCC2)n[nH]c1=S. The lowest BCUT2D eigenvalue weighted by atomic mass is 10.0. The molecule has 14 heavy (non-hydrogen) atoms. The second-order valence-corrected chi connectivity index (χ2v) is 4.39. The average molecular weight is 212 g/mol. The zero-order valence-electron chi connectivity index (χ0n) is 8.20. The summed E-state index contributed by atoms with van der Waals surface area (Å²) in [6.45, 7) is 0. The molecule has 1 fully saturated rings. The molecule has 4 nitrogen and oxygen atoms in total. The number of hydrogen-bond acceptors (Lipinski definition) is 3. The quantitative estimate of drug-likeness (QED) is 0.593. The van der Waals surface area contributed by atoms with E-state index in [1.165, 1.54) is 36.8 Å². The van der Waals surface area contributed by atoms with Crippen LogP contribution in [0, 0.1) is 10.7 Å². The van der Waals surface area contributed by atoms with Crippen LogP contribution in [-0.2, 0) is 6.42 Å². The van der Waals surface area contributed by atoms with Crippen molar-refractivity contribution in [1.29, 1.82) is 0 Å². The summed E-state index contributed by atoms with van der Waals surface area (Å²) in [5.74, 6) is 7.46. The van der Waals surface area contributed by atoms with Gasteiger partial charge in [-0.1, -0.05) is 25.7 Å². The normalized spacial score (nSPS) is 17.7. The van der Waals surface area contributed by atoms with Crippen LogP contribution in [-0.4, -0.2) is 14.9 Å². The highest BCUT2D eigenvalue weighted by Gasteiger charge is 2.15. The van der Waals surface area contributed by atoms with Gasteiger partial charge in [0.1, 0.15) is 0 Å². The Bertz CT molecular complexity index is 348. The van der Waals surface area contributed by atoms with Crippen LogP contribution in [0.25, 0.3) is 0 Å². The monoisotopic (exact) mass is 212 g/mol. The number of hydrogen-bond donors (Lipinski definition) is 2. The molecular weight excluding hydrogens is 196 g/mol. The van der Waals surface area contributed by atoms with Gasteiger partial charge in [-0.25, -0.2) is 4.68 Å². The van der Waals surface area contributed by atoms with Gasteiger partial charge in [0.15, 0.2) is 5.82 Å². The number of aryl methyl sites for hydroxylation is 1. The lowest BCUT2D eigenvalue weighted by Gasteiger charge is -2.06. The van der Waals surface area contributed by atoms with Crippen LogP contribution in [0.4, 0.5) is 0 Å². The Hall–Kier alpha value is -0.840. The molecule has 0 aromatic carbocycles. The smallest absolute Gasteiger partial charge is 0.214 e. The molecule has 0 spiro atoms. The van der Waals surface area contributed by atoms with E-state index in [9.17, 15) is 0 Å². The topological polar surface area (TPSA) is 59.6 Å². The summed E-state index contributed by atoms with van der Waals surface area (Å²) >= 11 is 4.94. The van der Waals surface area contributed by atoms with Gasteiger partial charge in [-0.05, 0) is 24.6 Å². The minimum absolute atomic E-state index is 0.506. The maximum Gasteiger partial charge on any atom is 0.214 e. The molecule has 1 aromatic heterocycles. The molecule has 1 heterocycles. The average Bonchev–Trinajstić information content (AvgIpc) is 2.77. The number of nitrogens with two attached hydrogens (primary N) is 1. The first-order valence-electron chi connectivity index (χ1n) is 5.19. The van der Waals surface area contributed by atoms with Gasteiger partial charge in [0.05, 0.1) is 0 Å². The molecule has 1 saturated carbocycles. The number of nitrogens with zero attached hydrogens (tertiary/aromatic N) is 2. The molecule has 2 rings (SSSR count). The van der Waals surface area contributed by atoms with Crippen molar-refractivity contribution in [3.05, 3.63) is 10.6 Å². The van der Waals surface area contributed by atoms with E-state index in [-0.39, 0.29) is 0 Å². The van der Waals surface area contributed by atoms with Gasteiger partial charge in [-0.15, -0.1) is 0 Å². The number of aromatic nitrogens is 3. The largest absolute Gasteiger partial charge is 0.335 e. The third-order valence-corrected chi connectivity index (χ3v) is 3.32. The van der Waals surface area contributed by atoms with Gasteiger partial charge in [-0.3, -0.25) is 5.10 Å². The lowest BCUT2D eigenvalue weighted by molar-refractivity contribution is 0.494. The van der Waals surface area contributed by atoms with Crippen molar-refractivity contribution >= 4 is 12.2 Å². The summed E-state index contributed by atoms with van der Waals surface area (Å²) in [7, 11) is 0. The first-order chi connectivity index (χ1) is 6.77. The minimum Gasteiger partial charge on any atom is -0.335 e. The highest BCUT2D eigenvalue weighted by atomic mass is 32.1. The van der Waals surface area contributed by atoms with Crippen LogP contribution >= 0.6 is 12.2 Å². The van der Waals surface area contributed by atoms with E-state index in [1.54, 1.807) is 0 Å². The van der Waals surface area contributed by atoms with Gasteiger partial charge >= 0.3 is 0 Å². The van der Waals surface area contributed by atoms with E-state index < -0.39 is 0 Å². The van der Waals surface area contributed by atoms with Gasteiger partial charge in [0.2, 0.25) is 4.77 Å². The Kier molecular flexibility index (Phi) is 2.86. The van der Waals surface area contributed by atoms with Crippen LogP contribution in [0.15, 0.2) is 0 Å². The van der Waals surface area contributed by atoms with Gasteiger partial charge in [0, 0.05) is 6.42 Å². The fourth-order valence-electron chi connectivity index (χ4n) is 2.15. The fourth-order valence-corrected chi connectivity index (χ4v) is 2.30. The van der Waals surface area contributed by atoms with E-state index in [0.29, 0.717) is 4.77 Å². The van der Waals surface area contributed by atoms with E-state index in [1.807, 2.05) is 0 Å². The first-order valence-corrected chi connectivity index (χ1v) is 5.59. The van der Waals surface area contributed by atoms with Crippen LogP contribution in [0.1, 0.15) is 37.9 Å². The zero-order chi connectivity index (χ0) is 9.97. The molecule has 0 radical (unpaired) electrons. The van der Waals surface area contributed by atoms with Crippen molar-refractivity contribution in [3.63, 3.8) is 0 Å². The summed E-state index contributed by atoms with van der Waals surface area (Å²) in [5, 5.41) is 6.80. The van der Waals surface area contributed by atoms with Gasteiger partial charge in [-0.2, -0.15) is 5.10 Å². The van der Waals surface area contributed by atoms with E-state index in [4.69, 9.17) is 18.1 Å². The molecule has 1 aromatic rings. The fraction of sp³-hybridized carbons (Fsp3) is 0.778. The second-order valence-electron chi connectivity index (χ2n) is 4.00. The van der Waals surface area contributed by atoms with Crippen LogP contribution in [0.2, 0.25) is 0 Å². The minimum atomic E-state index is 0.506. The van der Waals surface area contributed by atoms with Crippen LogP contribution < -0.4 is 5.84 Å². The summed E-state index contributed by atoms with van der Waals surface area (Å²) < 4.78 is 1.98. The highest BCUT2D eigenvalue weighted by molar-refractivity contribution is 7.71. The summed E-state index contributed by atoms with van der Waals surface area (Å²) in [5.41, 5.74) is 0. The third kappa shape index (κ3) is 1.97. The number of H-pyrrole nitrogens is 1. The van der Waals surface area contributed by atoms with Gasteiger partial charge < -0.3 is 5.84 Å². The van der Waals surface area contributed by atoms with Crippen molar-refractivity contribution in [3.8, 4) is 0 Å². The zero-order valence-corrected chi connectivity index (χ0v) is 9.02. The maximum absolute atomic E-state index is 5.71. The Morgan fingerprint density at radius 1 is 1.50 bits per heavy atom. The molecule has 0 amide bonds. The van der Waals surface area contributed by atoms with Crippen molar-refractivity contribution in [2.75, 3.05) is 5.84 Å². The number of nitrogen functional groups attached to an aromatic ring is 1. The molecule has 0 aliphatic heterocycles. The first kappa shape index (κ1) is 9.71. The molecule has 0 unspecified atom stereocenters. The lowest BCUT2D eigenvalue weighted by Crippen LogP contribution is -2.13. The summed E-state index contributed by atoms with van der Waals surface area (Å²) in [4.78, 5) is 0. The second kappa shape index (κ2) is 4.13. The van der Waals surface area contributed by atoms with E-state index in [0.717, 1.165) is 18.2 Å². The molecule has 5 heteroatoms. The Labute approximate surface area is 88.5 Å². The van der Waals surface area contributed by atoms with E-state index >= 15 is 0 Å². The molecule has 0 saturated heterocycles. The Balaban J connectivity index is 1.91. The molecule has 0 bridgehead atoms. The van der Waals surface area contributed by atoms with Crippen molar-refractivity contribution in [1.82, 2.24) is 14.9 Å². The predicted octanol–water partition coefficient (Wildman–Crippen LogP) is 1.78. The maximum atomic E-state index is 5.71. The Morgan fingerprint density at radius 2 is 2.21 bits per heavy atom. The van der Waals surface area contributed by atoms with Crippen molar-refractivity contribution in [2.45, 2.75) is 38.5 Å². The highest BCUT2D eigenvalue weighted by Crippen LogP contribution is 2.28. The molecule has 1 aliphatic rings. The number of nitrogens with one attached hydrogen (secondary N) is 1. The number of rotatable bonds is 3. The summed E-state index contributed by atoms with van der Waals surface area (Å²) in [6, 6.07) is 0. The third-order valence-electron chi connectivity index (χ3n) is 3.03. The number of aromatic amines is 1. The molecular formula is C9H16N4S. The Morgan fingerprint density at radius 3 is 2.79 bits per heavy atom.